The number of hydrogen-bond acceptors (Lipinski definition) is 3. The third kappa shape index (κ3) is 3.51. The van der Waals surface area contributed by atoms with Crippen LogP contribution >= 0.6 is 27.3 Å². The first-order chi connectivity index (χ1) is 10.2. The molecule has 0 saturated heterocycles. The topological polar surface area (TPSA) is 24.9 Å². The van der Waals surface area contributed by atoms with E-state index in [-0.39, 0.29) is 0 Å². The van der Waals surface area contributed by atoms with Gasteiger partial charge in [-0.1, -0.05) is 28.1 Å². The first-order valence-electron chi connectivity index (χ1n) is 7.00. The van der Waals surface area contributed by atoms with Crippen molar-refractivity contribution in [3.63, 3.8) is 0 Å². The SMILES string of the molecule is CC(Cc1ccsc1)NCc1ccc(Br)c2cccnc12. The number of fused-ring (bicyclic) bond motifs is 1. The highest BCUT2D eigenvalue weighted by atomic mass is 79.9. The summed E-state index contributed by atoms with van der Waals surface area (Å²) in [4.78, 5) is 4.53. The second kappa shape index (κ2) is 6.69. The van der Waals surface area contributed by atoms with Crippen LogP contribution in [0.3, 0.4) is 0 Å². The van der Waals surface area contributed by atoms with Crippen molar-refractivity contribution >= 4 is 38.2 Å². The molecule has 0 radical (unpaired) electrons. The molecule has 1 unspecified atom stereocenters. The molecule has 2 aromatic heterocycles. The maximum absolute atomic E-state index is 4.53. The molecule has 1 N–H and O–H groups in total. The van der Waals surface area contributed by atoms with Gasteiger partial charge in [0.1, 0.15) is 0 Å². The van der Waals surface area contributed by atoms with Crippen LogP contribution in [0.15, 0.2) is 51.8 Å². The van der Waals surface area contributed by atoms with Gasteiger partial charge < -0.3 is 5.32 Å². The Hall–Kier alpha value is -1.23. The lowest BCUT2D eigenvalue weighted by Gasteiger charge is -2.14. The van der Waals surface area contributed by atoms with Crippen LogP contribution in [0.4, 0.5) is 0 Å². The molecule has 0 saturated carbocycles. The van der Waals surface area contributed by atoms with Crippen LogP contribution in [0, 0.1) is 0 Å². The number of hydrogen-bond donors (Lipinski definition) is 1. The molecule has 1 atom stereocenters. The smallest absolute Gasteiger partial charge is 0.0758 e. The average molecular weight is 361 g/mol. The van der Waals surface area contributed by atoms with Crippen LogP contribution in [0.25, 0.3) is 10.9 Å². The lowest BCUT2D eigenvalue weighted by atomic mass is 10.1. The molecule has 0 aliphatic rings. The minimum Gasteiger partial charge on any atom is -0.310 e. The molecule has 0 aliphatic carbocycles. The number of aromatic nitrogens is 1. The van der Waals surface area contributed by atoms with E-state index in [9.17, 15) is 0 Å². The summed E-state index contributed by atoms with van der Waals surface area (Å²) >= 11 is 5.35. The van der Waals surface area contributed by atoms with Gasteiger partial charge in [0.05, 0.1) is 5.52 Å². The summed E-state index contributed by atoms with van der Waals surface area (Å²) in [6, 6.07) is 11.0. The zero-order valence-corrected chi connectivity index (χ0v) is 14.2. The molecule has 21 heavy (non-hydrogen) atoms. The van der Waals surface area contributed by atoms with Gasteiger partial charge in [-0.05, 0) is 53.4 Å². The van der Waals surface area contributed by atoms with Crippen molar-refractivity contribution in [1.29, 1.82) is 0 Å². The monoisotopic (exact) mass is 360 g/mol. The number of pyridine rings is 1. The third-order valence-electron chi connectivity index (χ3n) is 3.56. The van der Waals surface area contributed by atoms with Crippen molar-refractivity contribution in [3.05, 3.63) is 62.9 Å². The summed E-state index contributed by atoms with van der Waals surface area (Å²) in [5, 5.41) is 9.12. The van der Waals surface area contributed by atoms with E-state index in [1.807, 2.05) is 12.3 Å². The minimum absolute atomic E-state index is 0.446. The number of nitrogens with one attached hydrogen (secondary N) is 1. The average Bonchev–Trinajstić information content (AvgIpc) is 3.00. The van der Waals surface area contributed by atoms with E-state index in [2.05, 4.69) is 68.2 Å². The van der Waals surface area contributed by atoms with E-state index >= 15 is 0 Å². The standard InChI is InChI=1S/C17H17BrN2S/c1-12(9-13-6-8-21-11-13)20-10-14-4-5-16(18)15-3-2-7-19-17(14)15/h2-8,11-12,20H,9-10H2,1H3. The molecule has 3 rings (SSSR count). The van der Waals surface area contributed by atoms with Gasteiger partial charge in [-0.15, -0.1) is 0 Å². The molecule has 4 heteroatoms. The summed E-state index contributed by atoms with van der Waals surface area (Å²) < 4.78 is 1.10. The zero-order chi connectivity index (χ0) is 14.7. The van der Waals surface area contributed by atoms with E-state index in [0.717, 1.165) is 23.0 Å². The molecule has 2 heterocycles. The predicted octanol–water partition coefficient (Wildman–Crippen LogP) is 4.78. The second-order valence-corrected chi connectivity index (χ2v) is 6.86. The Balaban J connectivity index is 1.72. The van der Waals surface area contributed by atoms with E-state index in [0.29, 0.717) is 6.04 Å². The van der Waals surface area contributed by atoms with Crippen LogP contribution < -0.4 is 5.32 Å². The predicted molar refractivity (Wildman–Crippen MR) is 93.8 cm³/mol. The van der Waals surface area contributed by atoms with Crippen molar-refractivity contribution in [2.75, 3.05) is 0 Å². The van der Waals surface area contributed by atoms with Gasteiger partial charge in [0, 0.05) is 28.6 Å². The van der Waals surface area contributed by atoms with Gasteiger partial charge in [0.2, 0.25) is 0 Å². The van der Waals surface area contributed by atoms with Crippen molar-refractivity contribution in [3.8, 4) is 0 Å². The fraction of sp³-hybridized carbons (Fsp3) is 0.235. The summed E-state index contributed by atoms with van der Waals surface area (Å²) in [6.07, 6.45) is 2.92. The highest BCUT2D eigenvalue weighted by Gasteiger charge is 2.08. The second-order valence-electron chi connectivity index (χ2n) is 5.22. The first-order valence-corrected chi connectivity index (χ1v) is 8.74. The Morgan fingerprint density at radius 2 is 2.19 bits per heavy atom. The molecule has 0 amide bonds. The van der Waals surface area contributed by atoms with Crippen molar-refractivity contribution in [1.82, 2.24) is 10.3 Å². The molecule has 0 aliphatic heterocycles. The van der Waals surface area contributed by atoms with Gasteiger partial charge in [0.25, 0.3) is 0 Å². The normalized spacial score (nSPS) is 12.7. The van der Waals surface area contributed by atoms with E-state index < -0.39 is 0 Å². The van der Waals surface area contributed by atoms with Crippen LogP contribution in [0.5, 0.6) is 0 Å². The molecule has 0 spiro atoms. The molecule has 0 fully saturated rings. The summed E-state index contributed by atoms with van der Waals surface area (Å²) in [6.45, 7) is 3.07. The molecule has 3 aromatic rings. The summed E-state index contributed by atoms with van der Waals surface area (Å²) in [7, 11) is 0. The number of benzene rings is 1. The van der Waals surface area contributed by atoms with Crippen LogP contribution in [-0.2, 0) is 13.0 Å². The minimum atomic E-state index is 0.446. The molecule has 2 nitrogen and oxygen atoms in total. The van der Waals surface area contributed by atoms with Crippen LogP contribution in [-0.4, -0.2) is 11.0 Å². The van der Waals surface area contributed by atoms with Gasteiger partial charge in [-0.2, -0.15) is 11.3 Å². The first kappa shape index (κ1) is 14.7. The largest absolute Gasteiger partial charge is 0.310 e. The van der Waals surface area contributed by atoms with E-state index in [1.165, 1.54) is 16.5 Å². The quantitative estimate of drug-likeness (QED) is 0.708. The third-order valence-corrected chi connectivity index (χ3v) is 4.99. The maximum atomic E-state index is 4.53. The Morgan fingerprint density at radius 3 is 3.00 bits per heavy atom. The van der Waals surface area contributed by atoms with Gasteiger partial charge in [0.15, 0.2) is 0 Å². The molecule has 108 valence electrons. The molecule has 1 aromatic carbocycles. The van der Waals surface area contributed by atoms with Gasteiger partial charge in [-0.25, -0.2) is 0 Å². The molecular weight excluding hydrogens is 344 g/mol. The highest BCUT2D eigenvalue weighted by Crippen LogP contribution is 2.25. The highest BCUT2D eigenvalue weighted by molar-refractivity contribution is 9.10. The summed E-state index contributed by atoms with van der Waals surface area (Å²) in [5.74, 6) is 0. The zero-order valence-electron chi connectivity index (χ0n) is 11.8. The number of thiophene rings is 1. The number of halogens is 1. The van der Waals surface area contributed by atoms with Gasteiger partial charge >= 0.3 is 0 Å². The fourth-order valence-corrected chi connectivity index (χ4v) is 3.59. The number of rotatable bonds is 5. The fourth-order valence-electron chi connectivity index (χ4n) is 2.46. The van der Waals surface area contributed by atoms with Crippen LogP contribution in [0.1, 0.15) is 18.1 Å². The lowest BCUT2D eigenvalue weighted by Crippen LogP contribution is -2.27. The van der Waals surface area contributed by atoms with Crippen molar-refractivity contribution in [2.45, 2.75) is 25.9 Å². The number of nitrogens with zero attached hydrogens (tertiary/aromatic N) is 1. The maximum Gasteiger partial charge on any atom is 0.0758 e. The van der Waals surface area contributed by atoms with Crippen molar-refractivity contribution < 1.29 is 0 Å². The Morgan fingerprint density at radius 1 is 1.29 bits per heavy atom. The Labute approximate surface area is 137 Å². The van der Waals surface area contributed by atoms with Crippen LogP contribution in [0.2, 0.25) is 0 Å². The van der Waals surface area contributed by atoms with Gasteiger partial charge in [-0.3, -0.25) is 4.98 Å². The van der Waals surface area contributed by atoms with Crippen molar-refractivity contribution in [2.24, 2.45) is 0 Å². The lowest BCUT2D eigenvalue weighted by molar-refractivity contribution is 0.547. The Bertz CT molecular complexity index is 725. The molecular formula is C17H17BrN2S. The Kier molecular flexibility index (Phi) is 4.68. The van der Waals surface area contributed by atoms with E-state index in [1.54, 1.807) is 11.3 Å². The summed E-state index contributed by atoms with van der Waals surface area (Å²) in [5.41, 5.74) is 3.71. The molecule has 0 bridgehead atoms. The van der Waals surface area contributed by atoms with E-state index in [4.69, 9.17) is 0 Å².